The van der Waals surface area contributed by atoms with Gasteiger partial charge in [0.1, 0.15) is 0 Å². The molecule has 0 radical (unpaired) electrons. The highest BCUT2D eigenvalue weighted by molar-refractivity contribution is 4.97. The van der Waals surface area contributed by atoms with Crippen molar-refractivity contribution in [1.29, 1.82) is 0 Å². The maximum Gasteiger partial charge on any atom is 0.0948 e. The molecule has 1 N–H and O–H groups in total. The van der Waals surface area contributed by atoms with Crippen LogP contribution in [0.5, 0.6) is 0 Å². The van der Waals surface area contributed by atoms with E-state index >= 15 is 0 Å². The van der Waals surface area contributed by atoms with Crippen molar-refractivity contribution in [2.24, 2.45) is 5.41 Å². The van der Waals surface area contributed by atoms with E-state index in [4.69, 9.17) is 0 Å². The molecule has 0 amide bonds. The van der Waals surface area contributed by atoms with Gasteiger partial charge in [-0.1, -0.05) is 27.7 Å². The van der Waals surface area contributed by atoms with Gasteiger partial charge in [-0.15, -0.1) is 0 Å². The molecule has 16 heavy (non-hydrogen) atoms. The highest BCUT2D eigenvalue weighted by Crippen LogP contribution is 2.17. The third-order valence-electron chi connectivity index (χ3n) is 2.62. The van der Waals surface area contributed by atoms with Crippen LogP contribution in [0, 0.1) is 5.41 Å². The van der Waals surface area contributed by atoms with Gasteiger partial charge >= 0.3 is 0 Å². The van der Waals surface area contributed by atoms with Gasteiger partial charge < -0.3 is 9.88 Å². The predicted molar refractivity (Wildman–Crippen MR) is 68.3 cm³/mol. The topological polar surface area (TPSA) is 29.9 Å². The van der Waals surface area contributed by atoms with Crippen molar-refractivity contribution >= 4 is 0 Å². The van der Waals surface area contributed by atoms with Crippen molar-refractivity contribution in [1.82, 2.24) is 14.9 Å². The van der Waals surface area contributed by atoms with Crippen LogP contribution in [0.2, 0.25) is 0 Å². The van der Waals surface area contributed by atoms with Crippen LogP contribution in [0.15, 0.2) is 12.5 Å². The van der Waals surface area contributed by atoms with E-state index in [0.29, 0.717) is 5.41 Å². The molecule has 0 aromatic carbocycles. The fourth-order valence-corrected chi connectivity index (χ4v) is 1.62. The lowest BCUT2D eigenvalue weighted by Gasteiger charge is -2.18. The molecule has 0 bridgehead atoms. The smallest absolute Gasteiger partial charge is 0.0948 e. The summed E-state index contributed by atoms with van der Waals surface area (Å²) >= 11 is 0. The fraction of sp³-hybridized carbons (Fsp3) is 0.769. The van der Waals surface area contributed by atoms with E-state index < -0.39 is 0 Å². The lowest BCUT2D eigenvalue weighted by molar-refractivity contribution is 0.365. The zero-order valence-electron chi connectivity index (χ0n) is 11.1. The molecule has 3 nitrogen and oxygen atoms in total. The summed E-state index contributed by atoms with van der Waals surface area (Å²) in [5.41, 5.74) is 1.70. The maximum atomic E-state index is 4.19. The van der Waals surface area contributed by atoms with E-state index in [2.05, 4.69) is 42.6 Å². The summed E-state index contributed by atoms with van der Waals surface area (Å²) in [6.07, 6.45) is 6.24. The number of nitrogens with zero attached hydrogens (tertiary/aromatic N) is 2. The minimum absolute atomic E-state index is 0.413. The standard InChI is InChI=1S/C13H25N3/c1-5-8-16-11-15-10-12(16)9-14-7-6-13(2,3)4/h10-11,14H,5-9H2,1-4H3. The molecule has 3 heteroatoms. The molecule has 0 fully saturated rings. The molecule has 92 valence electrons. The number of nitrogens with one attached hydrogen (secondary N) is 1. The van der Waals surface area contributed by atoms with Crippen LogP contribution in [0.1, 0.15) is 46.2 Å². The lowest BCUT2D eigenvalue weighted by Crippen LogP contribution is -2.21. The molecule has 0 aliphatic heterocycles. The molecule has 1 heterocycles. The van der Waals surface area contributed by atoms with E-state index in [0.717, 1.165) is 26.1 Å². The number of aryl methyl sites for hydroxylation is 1. The first kappa shape index (κ1) is 13.2. The van der Waals surface area contributed by atoms with Crippen LogP contribution in [-0.4, -0.2) is 16.1 Å². The summed E-state index contributed by atoms with van der Waals surface area (Å²) in [6.45, 7) is 12.1. The fourth-order valence-electron chi connectivity index (χ4n) is 1.62. The van der Waals surface area contributed by atoms with E-state index in [1.54, 1.807) is 0 Å². The molecule has 0 saturated carbocycles. The zero-order valence-corrected chi connectivity index (χ0v) is 11.1. The second-order valence-electron chi connectivity index (χ2n) is 5.57. The molecule has 0 aliphatic carbocycles. The predicted octanol–water partition coefficient (Wildman–Crippen LogP) is 2.82. The molecule has 0 aliphatic rings. The summed E-state index contributed by atoms with van der Waals surface area (Å²) in [7, 11) is 0. The number of hydrogen-bond donors (Lipinski definition) is 1. The molecule has 0 unspecified atom stereocenters. The Balaban J connectivity index is 2.29. The van der Waals surface area contributed by atoms with Crippen LogP contribution in [-0.2, 0) is 13.1 Å². The maximum absolute atomic E-state index is 4.19. The number of rotatable bonds is 6. The van der Waals surface area contributed by atoms with Gasteiger partial charge in [-0.3, -0.25) is 0 Å². The Labute approximate surface area is 99.3 Å². The average molecular weight is 223 g/mol. The minimum atomic E-state index is 0.413. The monoisotopic (exact) mass is 223 g/mol. The van der Waals surface area contributed by atoms with Crippen molar-refractivity contribution in [3.8, 4) is 0 Å². The largest absolute Gasteiger partial charge is 0.333 e. The quantitative estimate of drug-likeness (QED) is 0.752. The van der Waals surface area contributed by atoms with Gasteiger partial charge in [0.25, 0.3) is 0 Å². The summed E-state index contributed by atoms with van der Waals surface area (Å²) < 4.78 is 2.23. The van der Waals surface area contributed by atoms with Gasteiger partial charge in [0, 0.05) is 19.3 Å². The van der Waals surface area contributed by atoms with Crippen LogP contribution in [0.4, 0.5) is 0 Å². The Hall–Kier alpha value is -0.830. The van der Waals surface area contributed by atoms with Gasteiger partial charge in [-0.05, 0) is 24.8 Å². The van der Waals surface area contributed by atoms with Gasteiger partial charge in [-0.25, -0.2) is 4.98 Å². The van der Waals surface area contributed by atoms with Crippen LogP contribution < -0.4 is 5.32 Å². The van der Waals surface area contributed by atoms with Crippen molar-refractivity contribution < 1.29 is 0 Å². The summed E-state index contributed by atoms with van der Waals surface area (Å²) in [5, 5.41) is 3.48. The molecule has 1 aromatic rings. The Morgan fingerprint density at radius 2 is 2.12 bits per heavy atom. The summed E-state index contributed by atoms with van der Waals surface area (Å²) in [4.78, 5) is 4.19. The molecule has 1 aromatic heterocycles. The third-order valence-corrected chi connectivity index (χ3v) is 2.62. The van der Waals surface area contributed by atoms with Crippen molar-refractivity contribution in [3.05, 3.63) is 18.2 Å². The van der Waals surface area contributed by atoms with Gasteiger partial charge in [-0.2, -0.15) is 0 Å². The molecular weight excluding hydrogens is 198 g/mol. The van der Waals surface area contributed by atoms with E-state index in [1.807, 2.05) is 12.5 Å². The Morgan fingerprint density at radius 1 is 1.38 bits per heavy atom. The Morgan fingerprint density at radius 3 is 2.75 bits per heavy atom. The third kappa shape index (κ3) is 4.79. The van der Waals surface area contributed by atoms with Crippen LogP contribution in [0.3, 0.4) is 0 Å². The average Bonchev–Trinajstić information content (AvgIpc) is 2.60. The number of aromatic nitrogens is 2. The van der Waals surface area contributed by atoms with Gasteiger partial charge in [0.2, 0.25) is 0 Å². The van der Waals surface area contributed by atoms with Crippen molar-refractivity contribution in [2.75, 3.05) is 6.54 Å². The molecule has 0 atom stereocenters. The minimum Gasteiger partial charge on any atom is -0.333 e. The first-order chi connectivity index (χ1) is 7.53. The van der Waals surface area contributed by atoms with Crippen LogP contribution in [0.25, 0.3) is 0 Å². The molecule has 1 rings (SSSR count). The van der Waals surface area contributed by atoms with Crippen molar-refractivity contribution in [2.45, 2.75) is 53.6 Å². The zero-order chi connectivity index (χ0) is 12.0. The van der Waals surface area contributed by atoms with E-state index in [1.165, 1.54) is 12.1 Å². The Kier molecular flexibility index (Phi) is 5.00. The summed E-state index contributed by atoms with van der Waals surface area (Å²) in [6, 6.07) is 0. The SMILES string of the molecule is CCCn1cncc1CNCCC(C)(C)C. The lowest BCUT2D eigenvalue weighted by atomic mass is 9.92. The Bertz CT molecular complexity index is 296. The summed E-state index contributed by atoms with van der Waals surface area (Å²) in [5.74, 6) is 0. The first-order valence-electron chi connectivity index (χ1n) is 6.22. The number of hydrogen-bond acceptors (Lipinski definition) is 2. The van der Waals surface area contributed by atoms with E-state index in [-0.39, 0.29) is 0 Å². The van der Waals surface area contributed by atoms with E-state index in [9.17, 15) is 0 Å². The highest BCUT2D eigenvalue weighted by atomic mass is 15.1. The molecule has 0 saturated heterocycles. The van der Waals surface area contributed by atoms with Crippen LogP contribution >= 0.6 is 0 Å². The van der Waals surface area contributed by atoms with Crippen molar-refractivity contribution in [3.63, 3.8) is 0 Å². The highest BCUT2D eigenvalue weighted by Gasteiger charge is 2.09. The number of imidazole rings is 1. The first-order valence-corrected chi connectivity index (χ1v) is 6.22. The van der Waals surface area contributed by atoms with Gasteiger partial charge in [0.15, 0.2) is 0 Å². The second-order valence-corrected chi connectivity index (χ2v) is 5.57. The molecular formula is C13H25N3. The van der Waals surface area contributed by atoms with Gasteiger partial charge in [0.05, 0.1) is 12.0 Å². The second kappa shape index (κ2) is 6.04. The normalized spacial score (nSPS) is 12.0. The molecule has 0 spiro atoms.